The van der Waals surface area contributed by atoms with Crippen LogP contribution in [0.4, 0.5) is 17.6 Å². The van der Waals surface area contributed by atoms with Crippen LogP contribution in [0.1, 0.15) is 0 Å². The molecule has 0 saturated carbocycles. The van der Waals surface area contributed by atoms with Crippen molar-refractivity contribution in [2.45, 2.75) is 10.4 Å². The second-order valence-corrected chi connectivity index (χ2v) is 6.23. The zero-order valence-electron chi connectivity index (χ0n) is 9.70. The van der Waals surface area contributed by atoms with Crippen LogP contribution in [0.3, 0.4) is 0 Å². The van der Waals surface area contributed by atoms with Gasteiger partial charge in [0.1, 0.15) is 5.82 Å². The largest absolute Gasteiger partial charge is 0.501 e. The van der Waals surface area contributed by atoms with Crippen molar-refractivity contribution < 1.29 is 26.0 Å². The van der Waals surface area contributed by atoms with Crippen LogP contribution in [0.2, 0.25) is 0 Å². The van der Waals surface area contributed by atoms with E-state index >= 15 is 0 Å². The Morgan fingerprint density at radius 3 is 2.25 bits per heavy atom. The molecule has 0 aliphatic heterocycles. The number of hydrogen-bond donors (Lipinski definition) is 0. The first-order valence-corrected chi connectivity index (χ1v) is 6.96. The molecule has 0 radical (unpaired) electrons. The summed E-state index contributed by atoms with van der Waals surface area (Å²) < 4.78 is 75.0. The van der Waals surface area contributed by atoms with Gasteiger partial charge in [-0.3, -0.25) is 0 Å². The molecule has 0 N–H and O–H groups in total. The minimum Gasteiger partial charge on any atom is -0.214 e. The topological polar surface area (TPSA) is 34.1 Å². The lowest BCUT2D eigenvalue weighted by molar-refractivity contribution is -0.0435. The number of benzene rings is 4. The molecule has 0 aromatic heterocycles. The predicted octanol–water partition coefficient (Wildman–Crippen LogP) is 3.86. The molecule has 0 spiro atoms. The maximum Gasteiger partial charge on any atom is 0.501 e. The number of hydrogen-bond acceptors (Lipinski definition) is 2. The van der Waals surface area contributed by atoms with Crippen LogP contribution >= 0.6 is 0 Å². The van der Waals surface area contributed by atoms with Crippen molar-refractivity contribution in [2.24, 2.45) is 0 Å². The van der Waals surface area contributed by atoms with Crippen molar-refractivity contribution in [3.63, 3.8) is 0 Å². The SMILES string of the molecule is O=S(=O)(c1cccc2c3ccc(c(F)c3)c12)C(F)(F)F. The second kappa shape index (κ2) is 3.82. The van der Waals surface area contributed by atoms with Gasteiger partial charge in [0.25, 0.3) is 9.84 Å². The molecule has 104 valence electrons. The molecular formula is C13H6F4O2S. The minimum atomic E-state index is -5.53. The number of rotatable bonds is 1. The summed E-state index contributed by atoms with van der Waals surface area (Å²) in [6.45, 7) is 0. The highest BCUT2D eigenvalue weighted by molar-refractivity contribution is 7.92. The van der Waals surface area contributed by atoms with E-state index in [1.807, 2.05) is 0 Å². The summed E-state index contributed by atoms with van der Waals surface area (Å²) in [6.07, 6.45) is 0. The molecule has 4 rings (SSSR count). The average Bonchev–Trinajstić information content (AvgIpc) is 2.37. The van der Waals surface area contributed by atoms with Gasteiger partial charge in [-0.05, 0) is 22.9 Å². The first kappa shape index (κ1) is 13.1. The molecule has 20 heavy (non-hydrogen) atoms. The van der Waals surface area contributed by atoms with Crippen molar-refractivity contribution in [3.05, 3.63) is 42.2 Å². The van der Waals surface area contributed by atoms with Crippen molar-refractivity contribution in [1.29, 1.82) is 0 Å². The summed E-state index contributed by atoms with van der Waals surface area (Å²) in [5.41, 5.74) is -5.42. The summed E-state index contributed by atoms with van der Waals surface area (Å²) in [5.74, 6) is -0.736. The summed E-state index contributed by atoms with van der Waals surface area (Å²) >= 11 is 0. The van der Waals surface area contributed by atoms with Crippen LogP contribution in [0.15, 0.2) is 41.3 Å². The molecular weight excluding hydrogens is 296 g/mol. The van der Waals surface area contributed by atoms with Crippen LogP contribution in [0, 0.1) is 5.82 Å². The predicted molar refractivity (Wildman–Crippen MR) is 65.8 cm³/mol. The van der Waals surface area contributed by atoms with Gasteiger partial charge >= 0.3 is 5.51 Å². The Morgan fingerprint density at radius 1 is 0.950 bits per heavy atom. The van der Waals surface area contributed by atoms with Gasteiger partial charge in [0.15, 0.2) is 0 Å². The molecule has 0 amide bonds. The van der Waals surface area contributed by atoms with E-state index < -0.39 is 26.1 Å². The third-order valence-electron chi connectivity index (χ3n) is 3.17. The molecule has 0 aliphatic carbocycles. The Labute approximate surface area is 110 Å². The quantitative estimate of drug-likeness (QED) is 0.640. The van der Waals surface area contributed by atoms with Gasteiger partial charge < -0.3 is 0 Å². The number of fused-ring (bicyclic) bond motifs is 2. The Kier molecular flexibility index (Phi) is 2.50. The highest BCUT2D eigenvalue weighted by Crippen LogP contribution is 2.39. The third-order valence-corrected chi connectivity index (χ3v) is 4.70. The molecule has 0 saturated heterocycles. The van der Waals surface area contributed by atoms with Crippen molar-refractivity contribution in [3.8, 4) is 0 Å². The van der Waals surface area contributed by atoms with Crippen molar-refractivity contribution >= 4 is 31.4 Å². The Morgan fingerprint density at radius 2 is 1.65 bits per heavy atom. The first-order chi connectivity index (χ1) is 9.23. The summed E-state index contributed by atoms with van der Waals surface area (Å²) in [5, 5.41) is 0.279. The Bertz CT molecular complexity index is 913. The van der Waals surface area contributed by atoms with Crippen molar-refractivity contribution in [1.82, 2.24) is 0 Å². The summed E-state index contributed by atoms with van der Waals surface area (Å²) in [4.78, 5) is -0.914. The van der Waals surface area contributed by atoms with Crippen LogP contribution in [-0.2, 0) is 9.84 Å². The second-order valence-electron chi connectivity index (χ2n) is 4.32. The fraction of sp³-hybridized carbons (Fsp3) is 0.0769. The Hall–Kier alpha value is -1.89. The lowest BCUT2D eigenvalue weighted by atomic mass is 9.99. The van der Waals surface area contributed by atoms with Gasteiger partial charge in [-0.15, -0.1) is 0 Å². The normalized spacial score (nSPS) is 13.4. The standard InChI is InChI=1S/C13H6F4O2S/c14-10-6-7-4-5-9(10)12-8(7)2-1-3-11(12)20(18,19)13(15,16)17/h1-6H. The molecule has 2 bridgehead atoms. The summed E-state index contributed by atoms with van der Waals surface area (Å²) in [6, 6.07) is 7.50. The fourth-order valence-corrected chi connectivity index (χ4v) is 3.28. The molecule has 0 atom stereocenters. The monoisotopic (exact) mass is 302 g/mol. The molecule has 4 aromatic carbocycles. The highest BCUT2D eigenvalue weighted by Gasteiger charge is 2.47. The molecule has 4 aromatic rings. The highest BCUT2D eigenvalue weighted by atomic mass is 32.2. The smallest absolute Gasteiger partial charge is 0.214 e. The molecule has 2 nitrogen and oxygen atoms in total. The lowest BCUT2D eigenvalue weighted by Gasteiger charge is -2.14. The van der Waals surface area contributed by atoms with Gasteiger partial charge in [-0.2, -0.15) is 13.2 Å². The Balaban J connectivity index is 2.53. The lowest BCUT2D eigenvalue weighted by Crippen LogP contribution is -2.23. The van der Waals surface area contributed by atoms with E-state index in [1.165, 1.54) is 30.3 Å². The first-order valence-electron chi connectivity index (χ1n) is 5.48. The maximum atomic E-state index is 13.7. The number of halogens is 4. The van der Waals surface area contributed by atoms with E-state index in [1.54, 1.807) is 0 Å². The number of alkyl halides is 3. The zero-order valence-corrected chi connectivity index (χ0v) is 10.5. The van der Waals surface area contributed by atoms with Crippen molar-refractivity contribution in [2.75, 3.05) is 0 Å². The molecule has 0 aliphatic rings. The van der Waals surface area contributed by atoms with E-state index in [0.29, 0.717) is 5.39 Å². The van der Waals surface area contributed by atoms with E-state index in [9.17, 15) is 26.0 Å². The van der Waals surface area contributed by atoms with E-state index in [0.717, 1.165) is 6.07 Å². The van der Waals surface area contributed by atoms with Crippen LogP contribution in [0.5, 0.6) is 0 Å². The average molecular weight is 302 g/mol. The minimum absolute atomic E-state index is 0.140. The van der Waals surface area contributed by atoms with Gasteiger partial charge in [0.2, 0.25) is 0 Å². The third kappa shape index (κ3) is 1.59. The number of sulfone groups is 1. The fourth-order valence-electron chi connectivity index (χ4n) is 2.28. The molecule has 0 heterocycles. The maximum absolute atomic E-state index is 13.7. The molecule has 0 fully saturated rings. The molecule has 7 heteroatoms. The molecule has 0 unspecified atom stereocenters. The van der Waals surface area contributed by atoms with Gasteiger partial charge in [-0.25, -0.2) is 12.8 Å². The van der Waals surface area contributed by atoms with Gasteiger partial charge in [0, 0.05) is 10.8 Å². The van der Waals surface area contributed by atoms with E-state index in [-0.39, 0.29) is 16.2 Å². The van der Waals surface area contributed by atoms with Gasteiger partial charge in [0.05, 0.1) is 4.90 Å². The van der Waals surface area contributed by atoms with Crippen LogP contribution < -0.4 is 0 Å². The summed E-state index contributed by atoms with van der Waals surface area (Å²) in [7, 11) is -5.53. The van der Waals surface area contributed by atoms with Crippen LogP contribution in [0.25, 0.3) is 21.5 Å². The zero-order chi connectivity index (χ0) is 14.7. The van der Waals surface area contributed by atoms with E-state index in [4.69, 9.17) is 0 Å². The van der Waals surface area contributed by atoms with E-state index in [2.05, 4.69) is 0 Å². The van der Waals surface area contributed by atoms with Crippen LogP contribution in [-0.4, -0.2) is 13.9 Å². The van der Waals surface area contributed by atoms with Gasteiger partial charge in [-0.1, -0.05) is 24.3 Å².